The molecule has 1 aromatic carbocycles. The molecule has 2 heterocycles. The summed E-state index contributed by atoms with van der Waals surface area (Å²) in [5.74, 6) is 0.301. The summed E-state index contributed by atoms with van der Waals surface area (Å²) in [6.45, 7) is 4.00. The number of aryl methyl sites for hydroxylation is 1. The Balaban J connectivity index is 1.58. The normalized spacial score (nSPS) is 11.1. The summed E-state index contributed by atoms with van der Waals surface area (Å²) in [4.78, 5) is 26.5. The summed E-state index contributed by atoms with van der Waals surface area (Å²) >= 11 is 0. The molecule has 3 aromatic rings. The molecule has 27 heavy (non-hydrogen) atoms. The van der Waals surface area contributed by atoms with Crippen molar-refractivity contribution < 1.29 is 4.79 Å². The highest BCUT2D eigenvalue weighted by Crippen LogP contribution is 2.17. The van der Waals surface area contributed by atoms with Crippen molar-refractivity contribution in [1.29, 1.82) is 0 Å². The van der Waals surface area contributed by atoms with Crippen LogP contribution in [0.2, 0.25) is 0 Å². The van der Waals surface area contributed by atoms with Gasteiger partial charge in [-0.15, -0.1) is 0 Å². The Morgan fingerprint density at radius 2 is 2.00 bits per heavy atom. The summed E-state index contributed by atoms with van der Waals surface area (Å²) in [5, 5.41) is 7.31. The number of likely N-dealkylation sites (N-methyl/N-ethyl adjacent to an activating group) is 1. The van der Waals surface area contributed by atoms with Crippen molar-refractivity contribution >= 4 is 22.8 Å². The fourth-order valence-electron chi connectivity index (χ4n) is 2.89. The van der Waals surface area contributed by atoms with Crippen LogP contribution in [0.5, 0.6) is 0 Å². The van der Waals surface area contributed by atoms with Gasteiger partial charge in [-0.2, -0.15) is 0 Å². The molecule has 0 unspecified atom stereocenters. The minimum absolute atomic E-state index is 0.184. The van der Waals surface area contributed by atoms with E-state index in [0.29, 0.717) is 18.2 Å². The van der Waals surface area contributed by atoms with Crippen molar-refractivity contribution in [2.75, 3.05) is 39.0 Å². The van der Waals surface area contributed by atoms with Crippen LogP contribution in [0, 0.1) is 6.92 Å². The van der Waals surface area contributed by atoms with Gasteiger partial charge in [-0.3, -0.25) is 4.79 Å². The predicted octanol–water partition coefficient (Wildman–Crippen LogP) is 2.21. The Labute approximate surface area is 159 Å². The molecule has 0 aliphatic rings. The smallest absolute Gasteiger partial charge is 0.270 e. The molecule has 142 valence electrons. The SMILES string of the molecule is Cc1cc(C(=O)NCCc2c[nH]c3ccccc23)nc(NCCN(C)C)n1. The minimum atomic E-state index is -0.184. The van der Waals surface area contributed by atoms with Crippen LogP contribution >= 0.6 is 0 Å². The first-order chi connectivity index (χ1) is 13.0. The number of rotatable bonds is 8. The summed E-state index contributed by atoms with van der Waals surface area (Å²) in [5.41, 5.74) is 3.45. The molecule has 2 aromatic heterocycles. The molecule has 0 radical (unpaired) electrons. The molecule has 7 nitrogen and oxygen atoms in total. The van der Waals surface area contributed by atoms with E-state index in [1.54, 1.807) is 6.07 Å². The standard InChI is InChI=1S/C20H26N6O/c1-14-12-18(25-20(24-14)22-10-11-26(2)3)19(27)21-9-8-15-13-23-17-7-5-4-6-16(15)17/h4-7,12-13,23H,8-11H2,1-3H3,(H,21,27)(H,22,24,25). The summed E-state index contributed by atoms with van der Waals surface area (Å²) < 4.78 is 0. The molecule has 0 bridgehead atoms. The van der Waals surface area contributed by atoms with Crippen molar-refractivity contribution in [3.63, 3.8) is 0 Å². The number of carbonyl (C=O) groups is 1. The van der Waals surface area contributed by atoms with Gasteiger partial charge < -0.3 is 20.5 Å². The van der Waals surface area contributed by atoms with Crippen LogP contribution in [0.4, 0.5) is 5.95 Å². The molecule has 0 saturated heterocycles. The number of para-hydroxylation sites is 1. The summed E-state index contributed by atoms with van der Waals surface area (Å²) in [6.07, 6.45) is 2.76. The van der Waals surface area contributed by atoms with Gasteiger partial charge in [-0.25, -0.2) is 9.97 Å². The third-order valence-corrected chi connectivity index (χ3v) is 4.28. The number of nitrogens with zero attached hydrogens (tertiary/aromatic N) is 3. The summed E-state index contributed by atoms with van der Waals surface area (Å²) in [6, 6.07) is 9.87. The third kappa shape index (κ3) is 5.04. The van der Waals surface area contributed by atoms with Crippen molar-refractivity contribution in [1.82, 2.24) is 25.2 Å². The first kappa shape index (κ1) is 18.8. The van der Waals surface area contributed by atoms with E-state index >= 15 is 0 Å². The fourth-order valence-corrected chi connectivity index (χ4v) is 2.89. The van der Waals surface area contributed by atoms with E-state index in [2.05, 4.69) is 36.6 Å². The molecule has 3 rings (SSSR count). The molecule has 1 amide bonds. The van der Waals surface area contributed by atoms with Gasteiger partial charge in [0.2, 0.25) is 5.95 Å². The number of aromatic amines is 1. The topological polar surface area (TPSA) is 85.9 Å². The highest BCUT2D eigenvalue weighted by molar-refractivity contribution is 5.92. The Kier molecular flexibility index (Phi) is 6.03. The van der Waals surface area contributed by atoms with Crippen molar-refractivity contribution in [3.05, 3.63) is 53.5 Å². The highest BCUT2D eigenvalue weighted by Gasteiger charge is 2.11. The second-order valence-electron chi connectivity index (χ2n) is 6.81. The molecule has 0 atom stereocenters. The molecular weight excluding hydrogens is 340 g/mol. The van der Waals surface area contributed by atoms with Crippen molar-refractivity contribution in [3.8, 4) is 0 Å². The molecule has 3 N–H and O–H groups in total. The van der Waals surface area contributed by atoms with E-state index < -0.39 is 0 Å². The monoisotopic (exact) mass is 366 g/mol. The number of amides is 1. The van der Waals surface area contributed by atoms with Gasteiger partial charge in [-0.1, -0.05) is 18.2 Å². The largest absolute Gasteiger partial charge is 0.361 e. The Bertz CT molecular complexity index is 918. The maximum Gasteiger partial charge on any atom is 0.270 e. The maximum atomic E-state index is 12.5. The fraction of sp³-hybridized carbons (Fsp3) is 0.350. The van der Waals surface area contributed by atoms with Crippen LogP contribution < -0.4 is 10.6 Å². The number of aromatic nitrogens is 3. The molecule has 7 heteroatoms. The Hall–Kier alpha value is -2.93. The zero-order valence-electron chi connectivity index (χ0n) is 16.0. The van der Waals surface area contributed by atoms with Gasteiger partial charge in [0.1, 0.15) is 5.69 Å². The molecule has 0 saturated carbocycles. The lowest BCUT2D eigenvalue weighted by atomic mass is 10.1. The number of fused-ring (bicyclic) bond motifs is 1. The van der Waals surface area contributed by atoms with E-state index in [0.717, 1.165) is 30.7 Å². The lowest BCUT2D eigenvalue weighted by molar-refractivity contribution is 0.0949. The first-order valence-corrected chi connectivity index (χ1v) is 9.10. The van der Waals surface area contributed by atoms with Crippen molar-refractivity contribution in [2.24, 2.45) is 0 Å². The molecule has 0 fully saturated rings. The number of anilines is 1. The van der Waals surface area contributed by atoms with Gasteiger partial charge >= 0.3 is 0 Å². The van der Waals surface area contributed by atoms with Crippen LogP contribution in [-0.2, 0) is 6.42 Å². The lowest BCUT2D eigenvalue weighted by Crippen LogP contribution is -2.27. The molecule has 0 spiro atoms. The van der Waals surface area contributed by atoms with Gasteiger partial charge in [-0.05, 0) is 45.1 Å². The van der Waals surface area contributed by atoms with Crippen LogP contribution in [0.25, 0.3) is 10.9 Å². The number of hydrogen-bond donors (Lipinski definition) is 3. The second-order valence-corrected chi connectivity index (χ2v) is 6.81. The number of H-pyrrole nitrogens is 1. The van der Waals surface area contributed by atoms with E-state index in [1.807, 2.05) is 45.4 Å². The average molecular weight is 366 g/mol. The zero-order valence-corrected chi connectivity index (χ0v) is 16.0. The van der Waals surface area contributed by atoms with Gasteiger partial charge in [0.15, 0.2) is 0 Å². The molecule has 0 aliphatic carbocycles. The van der Waals surface area contributed by atoms with Crippen LogP contribution in [-0.4, -0.2) is 59.5 Å². The quantitative estimate of drug-likeness (QED) is 0.569. The second kappa shape index (κ2) is 8.64. The van der Waals surface area contributed by atoms with Gasteiger partial charge in [0, 0.05) is 42.4 Å². The van der Waals surface area contributed by atoms with Crippen LogP contribution in [0.15, 0.2) is 36.5 Å². The third-order valence-electron chi connectivity index (χ3n) is 4.28. The molecular formula is C20H26N6O. The summed E-state index contributed by atoms with van der Waals surface area (Å²) in [7, 11) is 4.01. The van der Waals surface area contributed by atoms with Crippen molar-refractivity contribution in [2.45, 2.75) is 13.3 Å². The Morgan fingerprint density at radius 1 is 1.19 bits per heavy atom. The zero-order chi connectivity index (χ0) is 19.2. The van der Waals surface area contributed by atoms with Gasteiger partial charge in [0.25, 0.3) is 5.91 Å². The molecule has 0 aliphatic heterocycles. The number of benzene rings is 1. The van der Waals surface area contributed by atoms with Gasteiger partial charge in [0.05, 0.1) is 0 Å². The minimum Gasteiger partial charge on any atom is -0.361 e. The van der Waals surface area contributed by atoms with E-state index in [9.17, 15) is 4.79 Å². The van der Waals surface area contributed by atoms with E-state index in [1.165, 1.54) is 10.9 Å². The lowest BCUT2D eigenvalue weighted by Gasteiger charge is -2.11. The van der Waals surface area contributed by atoms with E-state index in [4.69, 9.17) is 0 Å². The van der Waals surface area contributed by atoms with Crippen LogP contribution in [0.1, 0.15) is 21.7 Å². The average Bonchev–Trinajstić information content (AvgIpc) is 3.04. The van der Waals surface area contributed by atoms with E-state index in [-0.39, 0.29) is 5.91 Å². The first-order valence-electron chi connectivity index (χ1n) is 9.10. The number of hydrogen-bond acceptors (Lipinski definition) is 5. The Morgan fingerprint density at radius 3 is 2.81 bits per heavy atom. The highest BCUT2D eigenvalue weighted by atomic mass is 16.1. The number of nitrogens with one attached hydrogen (secondary N) is 3. The maximum absolute atomic E-state index is 12.5. The number of carbonyl (C=O) groups excluding carboxylic acids is 1. The van der Waals surface area contributed by atoms with Crippen LogP contribution in [0.3, 0.4) is 0 Å². The predicted molar refractivity (Wildman–Crippen MR) is 108 cm³/mol.